The third-order valence-corrected chi connectivity index (χ3v) is 6.25. The van der Waals surface area contributed by atoms with Crippen molar-refractivity contribution < 1.29 is 4.74 Å². The van der Waals surface area contributed by atoms with Gasteiger partial charge in [0.25, 0.3) is 0 Å². The molecule has 1 saturated heterocycles. The van der Waals surface area contributed by atoms with Gasteiger partial charge in [0, 0.05) is 29.9 Å². The Bertz CT molecular complexity index is 261. The summed E-state index contributed by atoms with van der Waals surface area (Å²) in [6, 6.07) is 1.54. The van der Waals surface area contributed by atoms with Crippen molar-refractivity contribution in [3.63, 3.8) is 0 Å². The molecule has 3 aliphatic rings. The van der Waals surface area contributed by atoms with E-state index in [2.05, 4.69) is 24.0 Å². The van der Waals surface area contributed by atoms with E-state index < -0.39 is 0 Å². The van der Waals surface area contributed by atoms with Crippen LogP contribution in [-0.4, -0.2) is 36.3 Å². The van der Waals surface area contributed by atoms with E-state index in [0.717, 1.165) is 18.7 Å². The predicted molar refractivity (Wildman–Crippen MR) is 73.6 cm³/mol. The summed E-state index contributed by atoms with van der Waals surface area (Å²) in [6.07, 6.45) is 8.83. The van der Waals surface area contributed by atoms with Crippen molar-refractivity contribution in [2.45, 2.75) is 63.6 Å². The molecule has 0 aromatic rings. The summed E-state index contributed by atoms with van der Waals surface area (Å²) in [5.41, 5.74) is 0.540. The van der Waals surface area contributed by atoms with Crippen LogP contribution in [-0.2, 0) is 4.74 Å². The number of thioether (sulfide) groups is 1. The Hall–Kier alpha value is 0.270. The maximum absolute atomic E-state index is 5.91. The highest BCUT2D eigenvalue weighted by Crippen LogP contribution is 2.57. The number of ether oxygens (including phenoxy) is 1. The third-order valence-electron chi connectivity index (χ3n) is 5.03. The normalized spacial score (nSPS) is 39.7. The van der Waals surface area contributed by atoms with E-state index in [1.807, 2.05) is 0 Å². The summed E-state index contributed by atoms with van der Waals surface area (Å²) in [6.45, 7) is 3.02. The molecule has 0 amide bonds. The van der Waals surface area contributed by atoms with Gasteiger partial charge in [0.1, 0.15) is 0 Å². The van der Waals surface area contributed by atoms with Crippen molar-refractivity contribution in [2.75, 3.05) is 18.1 Å². The van der Waals surface area contributed by atoms with E-state index in [9.17, 15) is 0 Å². The minimum Gasteiger partial charge on any atom is -0.378 e. The highest BCUT2D eigenvalue weighted by atomic mass is 32.2. The largest absolute Gasteiger partial charge is 0.378 e. The van der Waals surface area contributed by atoms with Crippen molar-refractivity contribution in [3.8, 4) is 0 Å². The van der Waals surface area contributed by atoms with Crippen LogP contribution in [0.3, 0.4) is 0 Å². The molecule has 3 unspecified atom stereocenters. The van der Waals surface area contributed by atoms with Gasteiger partial charge in [0.15, 0.2) is 0 Å². The van der Waals surface area contributed by atoms with Gasteiger partial charge >= 0.3 is 0 Å². The predicted octanol–water partition coefficient (Wildman–Crippen LogP) is 2.82. The molecule has 0 radical (unpaired) electrons. The van der Waals surface area contributed by atoms with Crippen LogP contribution >= 0.6 is 11.8 Å². The van der Waals surface area contributed by atoms with Crippen LogP contribution in [0.4, 0.5) is 0 Å². The molecule has 3 atom stereocenters. The summed E-state index contributed by atoms with van der Waals surface area (Å²) in [4.78, 5) is 0. The van der Waals surface area contributed by atoms with Crippen molar-refractivity contribution in [3.05, 3.63) is 0 Å². The fourth-order valence-electron chi connectivity index (χ4n) is 3.83. The second-order valence-corrected chi connectivity index (χ2v) is 7.05. The fraction of sp³-hybridized carbons (Fsp3) is 1.00. The molecule has 1 heterocycles. The quantitative estimate of drug-likeness (QED) is 0.834. The first-order valence-electron chi connectivity index (χ1n) is 7.30. The van der Waals surface area contributed by atoms with Gasteiger partial charge in [-0.25, -0.2) is 0 Å². The first kappa shape index (κ1) is 12.3. The summed E-state index contributed by atoms with van der Waals surface area (Å²) in [7, 11) is 0. The monoisotopic (exact) mass is 255 g/mol. The first-order chi connectivity index (χ1) is 8.35. The van der Waals surface area contributed by atoms with E-state index >= 15 is 0 Å². The van der Waals surface area contributed by atoms with Crippen molar-refractivity contribution >= 4 is 11.8 Å². The number of hydrogen-bond donors (Lipinski definition) is 1. The van der Waals surface area contributed by atoms with Crippen LogP contribution in [0.2, 0.25) is 0 Å². The summed E-state index contributed by atoms with van der Waals surface area (Å²) in [5.74, 6) is 2.70. The van der Waals surface area contributed by atoms with E-state index in [1.54, 1.807) is 0 Å². The zero-order valence-corrected chi connectivity index (χ0v) is 11.7. The van der Waals surface area contributed by atoms with Gasteiger partial charge in [0.05, 0.1) is 6.10 Å². The van der Waals surface area contributed by atoms with E-state index in [0.29, 0.717) is 11.5 Å². The second kappa shape index (κ2) is 5.10. The minimum atomic E-state index is 0.540. The van der Waals surface area contributed by atoms with Gasteiger partial charge in [0.2, 0.25) is 0 Å². The first-order valence-corrected chi connectivity index (χ1v) is 8.46. The van der Waals surface area contributed by atoms with Gasteiger partial charge in [-0.05, 0) is 44.8 Å². The Morgan fingerprint density at radius 2 is 2.24 bits per heavy atom. The van der Waals surface area contributed by atoms with Gasteiger partial charge in [-0.2, -0.15) is 11.8 Å². The number of rotatable bonds is 4. The second-order valence-electron chi connectivity index (χ2n) is 5.90. The van der Waals surface area contributed by atoms with Crippen LogP contribution in [0.5, 0.6) is 0 Å². The summed E-state index contributed by atoms with van der Waals surface area (Å²) < 4.78 is 5.91. The minimum absolute atomic E-state index is 0.540. The van der Waals surface area contributed by atoms with Gasteiger partial charge in [-0.15, -0.1) is 0 Å². The Kier molecular flexibility index (Phi) is 3.69. The fourth-order valence-corrected chi connectivity index (χ4v) is 4.91. The molecular formula is C14H25NOS. The summed E-state index contributed by atoms with van der Waals surface area (Å²) >= 11 is 2.12. The van der Waals surface area contributed by atoms with Crippen molar-refractivity contribution in [2.24, 2.45) is 5.41 Å². The van der Waals surface area contributed by atoms with Gasteiger partial charge in [-0.3, -0.25) is 0 Å². The lowest BCUT2D eigenvalue weighted by Gasteiger charge is -2.62. The molecular weight excluding hydrogens is 230 g/mol. The molecule has 0 bridgehead atoms. The van der Waals surface area contributed by atoms with E-state index in [1.165, 1.54) is 50.0 Å². The molecule has 1 N–H and O–H groups in total. The average Bonchev–Trinajstić information content (AvgIpc) is 2.27. The Labute approximate surface area is 109 Å². The van der Waals surface area contributed by atoms with Crippen molar-refractivity contribution in [1.82, 2.24) is 5.32 Å². The third kappa shape index (κ3) is 2.15. The maximum atomic E-state index is 5.91. The lowest BCUT2D eigenvalue weighted by Crippen LogP contribution is -2.68. The Morgan fingerprint density at radius 3 is 2.82 bits per heavy atom. The molecule has 3 rings (SSSR count). The lowest BCUT2D eigenvalue weighted by atomic mass is 9.51. The van der Waals surface area contributed by atoms with Crippen LogP contribution < -0.4 is 5.32 Å². The Balaban J connectivity index is 1.54. The highest BCUT2D eigenvalue weighted by molar-refractivity contribution is 7.99. The van der Waals surface area contributed by atoms with Crippen LogP contribution in [0, 0.1) is 5.41 Å². The van der Waals surface area contributed by atoms with Gasteiger partial charge < -0.3 is 10.1 Å². The molecule has 0 aromatic carbocycles. The summed E-state index contributed by atoms with van der Waals surface area (Å²) in [5, 5.41) is 3.94. The van der Waals surface area contributed by atoms with E-state index in [-0.39, 0.29) is 0 Å². The number of hydrogen-bond acceptors (Lipinski definition) is 3. The van der Waals surface area contributed by atoms with Gasteiger partial charge in [-0.1, -0.05) is 6.42 Å². The zero-order valence-electron chi connectivity index (χ0n) is 10.9. The molecule has 17 heavy (non-hydrogen) atoms. The smallest absolute Gasteiger partial charge is 0.0661 e. The molecule has 1 spiro atoms. The molecule has 2 saturated carbocycles. The lowest BCUT2D eigenvalue weighted by molar-refractivity contribution is -0.174. The maximum Gasteiger partial charge on any atom is 0.0661 e. The molecule has 3 heteroatoms. The highest BCUT2D eigenvalue weighted by Gasteiger charge is 2.58. The molecule has 2 nitrogen and oxygen atoms in total. The van der Waals surface area contributed by atoms with Crippen LogP contribution in [0.1, 0.15) is 45.4 Å². The average molecular weight is 255 g/mol. The molecule has 3 fully saturated rings. The number of nitrogens with one attached hydrogen (secondary N) is 1. The zero-order chi connectivity index (χ0) is 11.7. The molecule has 2 aliphatic carbocycles. The SMILES string of the molecule is CCOC1CC(NC2CCCSC2)C12CCC2. The van der Waals surface area contributed by atoms with Crippen molar-refractivity contribution in [1.29, 1.82) is 0 Å². The van der Waals surface area contributed by atoms with Crippen LogP contribution in [0.15, 0.2) is 0 Å². The van der Waals surface area contributed by atoms with Crippen LogP contribution in [0.25, 0.3) is 0 Å². The molecule has 98 valence electrons. The topological polar surface area (TPSA) is 21.3 Å². The standard InChI is InChI=1S/C14H25NOS/c1-2-16-13-9-12(14(13)6-4-7-14)15-11-5-3-8-17-10-11/h11-13,15H,2-10H2,1H3. The molecule has 0 aromatic heterocycles. The van der Waals surface area contributed by atoms with E-state index in [4.69, 9.17) is 4.74 Å². The Morgan fingerprint density at radius 1 is 1.35 bits per heavy atom. The molecule has 1 aliphatic heterocycles.